The minimum absolute atomic E-state index is 0.622. The number of aromatic nitrogens is 2. The molecule has 3 heterocycles. The zero-order valence-electron chi connectivity index (χ0n) is 14.4. The van der Waals surface area contributed by atoms with E-state index in [-0.39, 0.29) is 0 Å². The lowest BCUT2D eigenvalue weighted by Gasteiger charge is -2.30. The van der Waals surface area contributed by atoms with Crippen LogP contribution in [-0.2, 0) is 6.54 Å². The van der Waals surface area contributed by atoms with E-state index in [0.717, 1.165) is 31.5 Å². The predicted octanol–water partition coefficient (Wildman–Crippen LogP) is 3.28. The normalized spacial score (nSPS) is 24.6. The smallest absolute Gasteiger partial charge is 0.225 e. The number of benzene rings is 1. The average molecular weight is 322 g/mol. The average Bonchev–Trinajstić information content (AvgIpc) is 2.94. The third kappa shape index (κ3) is 3.29. The first-order valence-electron chi connectivity index (χ1n) is 9.11. The Hall–Kier alpha value is -1.94. The fourth-order valence-electron chi connectivity index (χ4n) is 4.30. The number of hydrogen-bond acceptors (Lipinski definition) is 4. The van der Waals surface area contributed by atoms with Crippen LogP contribution >= 0.6 is 0 Å². The quantitative estimate of drug-likeness (QED) is 0.868. The minimum atomic E-state index is 0.622. The van der Waals surface area contributed by atoms with Crippen LogP contribution in [0.15, 0.2) is 42.7 Å². The first-order chi connectivity index (χ1) is 11.8. The third-order valence-corrected chi connectivity index (χ3v) is 5.45. The first-order valence-corrected chi connectivity index (χ1v) is 9.11. The highest BCUT2D eigenvalue weighted by Gasteiger charge is 2.38. The molecule has 0 unspecified atom stereocenters. The highest BCUT2D eigenvalue weighted by atomic mass is 15.3. The molecule has 1 aromatic heterocycles. The maximum Gasteiger partial charge on any atom is 0.225 e. The molecule has 0 aliphatic carbocycles. The van der Waals surface area contributed by atoms with Gasteiger partial charge in [0, 0.05) is 38.1 Å². The van der Waals surface area contributed by atoms with Gasteiger partial charge in [0.05, 0.1) is 0 Å². The second-order valence-electron chi connectivity index (χ2n) is 7.24. The molecule has 0 amide bonds. The van der Waals surface area contributed by atoms with Gasteiger partial charge >= 0.3 is 0 Å². The molecule has 2 fully saturated rings. The molecule has 4 rings (SSSR count). The third-order valence-electron chi connectivity index (χ3n) is 5.45. The highest BCUT2D eigenvalue weighted by Crippen LogP contribution is 2.32. The zero-order valence-corrected chi connectivity index (χ0v) is 14.4. The number of rotatable bonds is 3. The number of hydrogen-bond donors (Lipinski definition) is 0. The predicted molar refractivity (Wildman–Crippen MR) is 97.0 cm³/mol. The molecule has 0 spiro atoms. The van der Waals surface area contributed by atoms with E-state index in [2.05, 4.69) is 51.0 Å². The molecule has 2 saturated heterocycles. The molecule has 0 saturated carbocycles. The van der Waals surface area contributed by atoms with Crippen LogP contribution in [-0.4, -0.2) is 40.5 Å². The molecule has 2 aliphatic rings. The molecule has 0 N–H and O–H groups in total. The van der Waals surface area contributed by atoms with Gasteiger partial charge in [0.15, 0.2) is 0 Å². The van der Waals surface area contributed by atoms with E-state index in [9.17, 15) is 0 Å². The van der Waals surface area contributed by atoms with Crippen LogP contribution in [0.2, 0.25) is 0 Å². The van der Waals surface area contributed by atoms with Crippen molar-refractivity contribution >= 4 is 5.95 Å². The Balaban J connectivity index is 1.52. The summed E-state index contributed by atoms with van der Waals surface area (Å²) in [6.07, 6.45) is 7.69. The molecule has 0 radical (unpaired) electrons. The van der Waals surface area contributed by atoms with Gasteiger partial charge in [-0.25, -0.2) is 9.97 Å². The number of anilines is 1. The Kier molecular flexibility index (Phi) is 4.48. The molecule has 2 atom stereocenters. The molecular weight excluding hydrogens is 296 g/mol. The van der Waals surface area contributed by atoms with Gasteiger partial charge in [-0.1, -0.05) is 36.2 Å². The number of likely N-dealkylation sites (tertiary alicyclic amines) is 1. The highest BCUT2D eigenvalue weighted by molar-refractivity contribution is 5.32. The van der Waals surface area contributed by atoms with Crippen molar-refractivity contribution in [2.24, 2.45) is 5.92 Å². The monoisotopic (exact) mass is 322 g/mol. The second-order valence-corrected chi connectivity index (χ2v) is 7.24. The largest absolute Gasteiger partial charge is 0.339 e. The summed E-state index contributed by atoms with van der Waals surface area (Å²) in [5.74, 6) is 1.63. The van der Waals surface area contributed by atoms with Crippen molar-refractivity contribution in [3.8, 4) is 0 Å². The van der Waals surface area contributed by atoms with Gasteiger partial charge in [-0.2, -0.15) is 0 Å². The maximum atomic E-state index is 4.46. The molecule has 2 aliphatic heterocycles. The van der Waals surface area contributed by atoms with Crippen LogP contribution in [0.1, 0.15) is 30.4 Å². The molecule has 126 valence electrons. The summed E-state index contributed by atoms with van der Waals surface area (Å²) in [6, 6.07) is 11.5. The summed E-state index contributed by atoms with van der Waals surface area (Å²) >= 11 is 0. The Morgan fingerprint density at radius 3 is 2.79 bits per heavy atom. The summed E-state index contributed by atoms with van der Waals surface area (Å²) in [7, 11) is 0. The molecule has 4 heteroatoms. The van der Waals surface area contributed by atoms with E-state index in [1.807, 2.05) is 18.5 Å². The number of aryl methyl sites for hydroxylation is 1. The van der Waals surface area contributed by atoms with Gasteiger partial charge in [-0.05, 0) is 43.9 Å². The SMILES string of the molecule is Cc1cccc(CN2CCCC[C@H]3CN(c4ncccn4)C[C@H]32)c1. The van der Waals surface area contributed by atoms with Crippen molar-refractivity contribution in [3.05, 3.63) is 53.9 Å². The molecular formula is C20H26N4. The molecule has 1 aromatic carbocycles. The van der Waals surface area contributed by atoms with E-state index < -0.39 is 0 Å². The van der Waals surface area contributed by atoms with Gasteiger partial charge < -0.3 is 4.90 Å². The second kappa shape index (κ2) is 6.89. The Morgan fingerprint density at radius 2 is 1.96 bits per heavy atom. The van der Waals surface area contributed by atoms with Crippen LogP contribution in [0.3, 0.4) is 0 Å². The Bertz CT molecular complexity index is 672. The van der Waals surface area contributed by atoms with Gasteiger partial charge in [0.25, 0.3) is 0 Å². The summed E-state index contributed by atoms with van der Waals surface area (Å²) in [5.41, 5.74) is 2.79. The van der Waals surface area contributed by atoms with Crippen molar-refractivity contribution in [2.75, 3.05) is 24.5 Å². The Morgan fingerprint density at radius 1 is 1.08 bits per heavy atom. The zero-order chi connectivity index (χ0) is 16.4. The lowest BCUT2D eigenvalue weighted by atomic mass is 9.98. The molecule has 2 aromatic rings. The van der Waals surface area contributed by atoms with Gasteiger partial charge in [-0.3, -0.25) is 4.90 Å². The molecule has 0 bridgehead atoms. The van der Waals surface area contributed by atoms with E-state index in [1.165, 1.54) is 36.9 Å². The van der Waals surface area contributed by atoms with Gasteiger partial charge in [0.2, 0.25) is 5.95 Å². The van der Waals surface area contributed by atoms with Gasteiger partial charge in [0.1, 0.15) is 0 Å². The lowest BCUT2D eigenvalue weighted by molar-refractivity contribution is 0.179. The van der Waals surface area contributed by atoms with Crippen LogP contribution in [0, 0.1) is 12.8 Å². The van der Waals surface area contributed by atoms with Crippen molar-refractivity contribution in [2.45, 2.75) is 38.8 Å². The standard InChI is InChI=1S/C20H26N4/c1-16-6-4-7-17(12-16)13-23-11-3-2-8-18-14-24(15-19(18)23)20-21-9-5-10-22-20/h4-7,9-10,12,18-19H,2-3,8,11,13-15H2,1H3/t18-,19+/m0/s1. The van der Waals surface area contributed by atoms with Crippen molar-refractivity contribution in [3.63, 3.8) is 0 Å². The maximum absolute atomic E-state index is 4.46. The molecule has 24 heavy (non-hydrogen) atoms. The van der Waals surface area contributed by atoms with E-state index in [4.69, 9.17) is 0 Å². The Labute approximate surface area is 144 Å². The summed E-state index contributed by atoms with van der Waals surface area (Å²) in [5, 5.41) is 0. The topological polar surface area (TPSA) is 32.3 Å². The van der Waals surface area contributed by atoms with E-state index in [0.29, 0.717) is 6.04 Å². The minimum Gasteiger partial charge on any atom is -0.339 e. The summed E-state index contributed by atoms with van der Waals surface area (Å²) in [6.45, 7) is 6.60. The summed E-state index contributed by atoms with van der Waals surface area (Å²) < 4.78 is 0. The van der Waals surface area contributed by atoms with E-state index >= 15 is 0 Å². The summed E-state index contributed by atoms with van der Waals surface area (Å²) in [4.78, 5) is 14.0. The molecule has 4 nitrogen and oxygen atoms in total. The number of nitrogens with zero attached hydrogens (tertiary/aromatic N) is 4. The fourth-order valence-corrected chi connectivity index (χ4v) is 4.30. The van der Waals surface area contributed by atoms with Crippen molar-refractivity contribution < 1.29 is 0 Å². The van der Waals surface area contributed by atoms with Gasteiger partial charge in [-0.15, -0.1) is 0 Å². The lowest BCUT2D eigenvalue weighted by Crippen LogP contribution is -2.39. The van der Waals surface area contributed by atoms with Crippen LogP contribution in [0.5, 0.6) is 0 Å². The van der Waals surface area contributed by atoms with Crippen molar-refractivity contribution in [1.29, 1.82) is 0 Å². The van der Waals surface area contributed by atoms with Crippen LogP contribution < -0.4 is 4.90 Å². The van der Waals surface area contributed by atoms with Crippen LogP contribution in [0.4, 0.5) is 5.95 Å². The first kappa shape index (κ1) is 15.6. The van der Waals surface area contributed by atoms with Crippen LogP contribution in [0.25, 0.3) is 0 Å². The van der Waals surface area contributed by atoms with Crippen molar-refractivity contribution in [1.82, 2.24) is 14.9 Å². The fraction of sp³-hybridized carbons (Fsp3) is 0.500. The van der Waals surface area contributed by atoms with E-state index in [1.54, 1.807) is 0 Å². The number of fused-ring (bicyclic) bond motifs is 1.